The molecule has 1 aromatic rings. The van der Waals surface area contributed by atoms with Crippen LogP contribution in [-0.4, -0.2) is 36.6 Å². The molecule has 1 saturated carbocycles. The van der Waals surface area contributed by atoms with Crippen molar-refractivity contribution < 1.29 is 9.53 Å². The molecular weight excluding hydrogens is 264 g/mol. The summed E-state index contributed by atoms with van der Waals surface area (Å²) in [5, 5.41) is 0. The van der Waals surface area contributed by atoms with Crippen LogP contribution in [0.5, 0.6) is 0 Å². The monoisotopic (exact) mass is 288 g/mol. The van der Waals surface area contributed by atoms with Crippen LogP contribution in [0.2, 0.25) is 0 Å². The molecule has 0 spiro atoms. The quantitative estimate of drug-likeness (QED) is 0.872. The lowest BCUT2D eigenvalue weighted by atomic mass is 10.0. The molecule has 2 unspecified atom stereocenters. The maximum absolute atomic E-state index is 12.6. The molecule has 1 aromatic carbocycles. The van der Waals surface area contributed by atoms with Crippen LogP contribution in [-0.2, 0) is 9.53 Å². The largest absolute Gasteiger partial charge is 0.381 e. The molecule has 3 rings (SSSR count). The molecule has 21 heavy (non-hydrogen) atoms. The van der Waals surface area contributed by atoms with Gasteiger partial charge in [-0.1, -0.05) is 30.3 Å². The van der Waals surface area contributed by atoms with Crippen LogP contribution in [0.3, 0.4) is 0 Å². The van der Waals surface area contributed by atoms with Gasteiger partial charge in [0.15, 0.2) is 0 Å². The van der Waals surface area contributed by atoms with Gasteiger partial charge in [0, 0.05) is 37.6 Å². The number of hydrogen-bond acceptors (Lipinski definition) is 3. The molecular formula is C17H24N2O2. The molecule has 0 bridgehead atoms. The van der Waals surface area contributed by atoms with Crippen LogP contribution < -0.4 is 5.73 Å². The van der Waals surface area contributed by atoms with E-state index >= 15 is 0 Å². The van der Waals surface area contributed by atoms with Crippen molar-refractivity contribution in [2.45, 2.75) is 37.8 Å². The second-order valence-corrected chi connectivity index (χ2v) is 6.23. The third kappa shape index (κ3) is 3.83. The number of hydrogen-bond donors (Lipinski definition) is 1. The number of benzene rings is 1. The topological polar surface area (TPSA) is 55.6 Å². The van der Waals surface area contributed by atoms with Gasteiger partial charge in [-0.05, 0) is 24.8 Å². The Hall–Kier alpha value is -1.39. The first-order valence-corrected chi connectivity index (χ1v) is 7.92. The summed E-state index contributed by atoms with van der Waals surface area (Å²) in [6.45, 7) is 2.47. The van der Waals surface area contributed by atoms with Crippen LogP contribution in [0.25, 0.3) is 0 Å². The second-order valence-electron chi connectivity index (χ2n) is 6.23. The van der Waals surface area contributed by atoms with Gasteiger partial charge in [0.25, 0.3) is 0 Å². The molecule has 0 aromatic heterocycles. The van der Waals surface area contributed by atoms with E-state index in [9.17, 15) is 4.79 Å². The Morgan fingerprint density at radius 1 is 1.29 bits per heavy atom. The molecule has 2 N–H and O–H groups in total. The highest BCUT2D eigenvalue weighted by molar-refractivity contribution is 5.77. The van der Waals surface area contributed by atoms with E-state index < -0.39 is 0 Å². The summed E-state index contributed by atoms with van der Waals surface area (Å²) in [4.78, 5) is 14.7. The van der Waals surface area contributed by atoms with Gasteiger partial charge in [0.1, 0.15) is 0 Å². The minimum absolute atomic E-state index is 0.195. The Balaban J connectivity index is 1.58. The van der Waals surface area contributed by atoms with Crippen molar-refractivity contribution in [1.82, 2.24) is 4.90 Å². The predicted octanol–water partition coefficient (Wildman–Crippen LogP) is 2.10. The number of carbonyl (C=O) groups excluding carboxylic acids is 1. The van der Waals surface area contributed by atoms with Gasteiger partial charge in [-0.25, -0.2) is 0 Å². The summed E-state index contributed by atoms with van der Waals surface area (Å²) in [6, 6.07) is 10.1. The van der Waals surface area contributed by atoms with Gasteiger partial charge in [-0.3, -0.25) is 4.79 Å². The zero-order valence-electron chi connectivity index (χ0n) is 12.4. The van der Waals surface area contributed by atoms with Crippen molar-refractivity contribution in [3.05, 3.63) is 35.9 Å². The van der Waals surface area contributed by atoms with E-state index in [0.29, 0.717) is 18.4 Å². The number of nitrogens with zero attached hydrogens (tertiary/aromatic N) is 1. The van der Waals surface area contributed by atoms with Gasteiger partial charge in [-0.15, -0.1) is 0 Å². The van der Waals surface area contributed by atoms with E-state index in [2.05, 4.69) is 4.90 Å². The van der Waals surface area contributed by atoms with E-state index in [1.165, 1.54) is 0 Å². The smallest absolute Gasteiger partial charge is 0.224 e. The highest BCUT2D eigenvalue weighted by atomic mass is 16.5. The van der Waals surface area contributed by atoms with E-state index in [0.717, 1.165) is 44.6 Å². The zero-order chi connectivity index (χ0) is 14.7. The molecule has 1 aliphatic heterocycles. The fourth-order valence-corrected chi connectivity index (χ4v) is 2.97. The van der Waals surface area contributed by atoms with Gasteiger partial charge >= 0.3 is 0 Å². The molecule has 1 saturated heterocycles. The number of carbonyl (C=O) groups is 1. The first-order chi connectivity index (χ1) is 10.2. The third-order valence-electron chi connectivity index (χ3n) is 4.41. The molecule has 4 nitrogen and oxygen atoms in total. The highest BCUT2D eigenvalue weighted by Gasteiger charge is 2.35. The van der Waals surface area contributed by atoms with Crippen LogP contribution in [0.4, 0.5) is 0 Å². The summed E-state index contributed by atoms with van der Waals surface area (Å²) in [6.07, 6.45) is 3.75. The van der Waals surface area contributed by atoms with Crippen molar-refractivity contribution >= 4 is 5.91 Å². The maximum atomic E-state index is 12.6. The van der Waals surface area contributed by atoms with Crippen molar-refractivity contribution in [3.8, 4) is 0 Å². The second kappa shape index (κ2) is 6.58. The van der Waals surface area contributed by atoms with Crippen molar-refractivity contribution in [2.75, 3.05) is 19.8 Å². The van der Waals surface area contributed by atoms with Crippen LogP contribution in [0.15, 0.2) is 30.3 Å². The van der Waals surface area contributed by atoms with E-state index in [1.54, 1.807) is 0 Å². The average Bonchev–Trinajstić information content (AvgIpc) is 3.21. The van der Waals surface area contributed by atoms with Crippen LogP contribution in [0, 0.1) is 5.92 Å². The lowest BCUT2D eigenvalue weighted by Crippen LogP contribution is -2.38. The van der Waals surface area contributed by atoms with Crippen LogP contribution >= 0.6 is 0 Å². The molecule has 2 aliphatic rings. The first kappa shape index (κ1) is 14.5. The summed E-state index contributed by atoms with van der Waals surface area (Å²) in [7, 11) is 0. The van der Waals surface area contributed by atoms with Gasteiger partial charge in [0.05, 0.1) is 6.61 Å². The fraction of sp³-hybridized carbons (Fsp3) is 0.588. The summed E-state index contributed by atoms with van der Waals surface area (Å²) in [5.41, 5.74) is 7.22. The summed E-state index contributed by atoms with van der Waals surface area (Å²) >= 11 is 0. The molecule has 1 heterocycles. The maximum Gasteiger partial charge on any atom is 0.224 e. The highest BCUT2D eigenvalue weighted by Crippen LogP contribution is 2.30. The molecule has 2 fully saturated rings. The number of ether oxygens (including phenoxy) is 1. The Labute approximate surface area is 126 Å². The zero-order valence-corrected chi connectivity index (χ0v) is 12.4. The normalized spacial score (nSPS) is 23.0. The average molecular weight is 288 g/mol. The SMILES string of the molecule is NC(CC(=O)N(CC1CCOC1)C1CC1)c1ccccc1. The van der Waals surface area contributed by atoms with E-state index in [1.807, 2.05) is 30.3 Å². The van der Waals surface area contributed by atoms with Crippen molar-refractivity contribution in [1.29, 1.82) is 0 Å². The standard InChI is InChI=1S/C17H24N2O2/c18-16(14-4-2-1-3-5-14)10-17(20)19(15-6-7-15)11-13-8-9-21-12-13/h1-5,13,15-16H,6-12,18H2. The number of amides is 1. The molecule has 4 heteroatoms. The lowest BCUT2D eigenvalue weighted by molar-refractivity contribution is -0.132. The van der Waals surface area contributed by atoms with Crippen molar-refractivity contribution in [2.24, 2.45) is 11.7 Å². The fourth-order valence-electron chi connectivity index (χ4n) is 2.97. The molecule has 1 amide bonds. The Bertz CT molecular complexity index is 467. The Kier molecular flexibility index (Phi) is 4.56. The molecule has 0 radical (unpaired) electrons. The van der Waals surface area contributed by atoms with Gasteiger partial charge in [0.2, 0.25) is 5.91 Å². The van der Waals surface area contributed by atoms with E-state index in [-0.39, 0.29) is 11.9 Å². The molecule has 1 aliphatic carbocycles. The minimum Gasteiger partial charge on any atom is -0.381 e. The molecule has 2 atom stereocenters. The lowest BCUT2D eigenvalue weighted by Gasteiger charge is -2.26. The van der Waals surface area contributed by atoms with E-state index in [4.69, 9.17) is 10.5 Å². The summed E-state index contributed by atoms with van der Waals surface area (Å²) < 4.78 is 5.43. The number of rotatable bonds is 6. The summed E-state index contributed by atoms with van der Waals surface area (Å²) in [5.74, 6) is 0.697. The van der Waals surface area contributed by atoms with Crippen LogP contribution in [0.1, 0.15) is 37.3 Å². The minimum atomic E-state index is -0.209. The number of nitrogens with two attached hydrogens (primary N) is 1. The molecule has 114 valence electrons. The van der Waals surface area contributed by atoms with Gasteiger partial charge in [-0.2, -0.15) is 0 Å². The third-order valence-corrected chi connectivity index (χ3v) is 4.41. The first-order valence-electron chi connectivity index (χ1n) is 7.92. The predicted molar refractivity (Wildman–Crippen MR) is 81.6 cm³/mol. The Morgan fingerprint density at radius 3 is 2.67 bits per heavy atom. The van der Waals surface area contributed by atoms with Crippen molar-refractivity contribution in [3.63, 3.8) is 0 Å². The Morgan fingerprint density at radius 2 is 2.05 bits per heavy atom. The van der Waals surface area contributed by atoms with Gasteiger partial charge < -0.3 is 15.4 Å².